The van der Waals surface area contributed by atoms with Crippen LogP contribution in [0.5, 0.6) is 0 Å². The van der Waals surface area contributed by atoms with E-state index in [0.717, 1.165) is 43.7 Å². The molecule has 0 saturated carbocycles. The van der Waals surface area contributed by atoms with Crippen LogP contribution in [0.1, 0.15) is 9.88 Å². The first-order valence-corrected chi connectivity index (χ1v) is 6.79. The quantitative estimate of drug-likeness (QED) is 0.907. The number of fused-ring (bicyclic) bond motifs is 1. The fourth-order valence-electron chi connectivity index (χ4n) is 2.79. The molecule has 3 rings (SSSR count). The molecule has 0 bridgehead atoms. The van der Waals surface area contributed by atoms with Gasteiger partial charge in [-0.15, -0.1) is 23.7 Å². The minimum Gasteiger partial charge on any atom is -0.316 e. The van der Waals surface area contributed by atoms with Gasteiger partial charge in [-0.1, -0.05) is 0 Å². The van der Waals surface area contributed by atoms with Crippen molar-refractivity contribution in [2.75, 3.05) is 26.2 Å². The Labute approximate surface area is 119 Å². The Morgan fingerprint density at radius 3 is 2.47 bits per heavy atom. The van der Waals surface area contributed by atoms with Crippen LogP contribution in [0.4, 0.5) is 13.2 Å². The maximum atomic E-state index is 12.5. The molecule has 0 aliphatic carbocycles. The molecule has 0 radical (unpaired) electrons. The van der Waals surface area contributed by atoms with Crippen molar-refractivity contribution in [2.45, 2.75) is 12.7 Å². The van der Waals surface area contributed by atoms with Crippen LogP contribution in [0.3, 0.4) is 0 Å². The van der Waals surface area contributed by atoms with Crippen molar-refractivity contribution in [2.24, 2.45) is 11.8 Å². The lowest BCUT2D eigenvalue weighted by Gasteiger charge is -2.14. The number of nitrogens with zero attached hydrogens (tertiary/aromatic N) is 2. The van der Waals surface area contributed by atoms with E-state index in [1.165, 1.54) is 0 Å². The topological polar surface area (TPSA) is 28.2 Å². The standard InChI is InChI=1S/C11H14F3N3S.ClH/c12-11(13,14)9-3-16-10(18-9)6-17-4-7-1-15-2-8(7)5-17;/h3,7-8,15H,1-2,4-6H2;1H/t7-,8+;. The van der Waals surface area contributed by atoms with Crippen molar-refractivity contribution in [1.82, 2.24) is 15.2 Å². The summed E-state index contributed by atoms with van der Waals surface area (Å²) < 4.78 is 37.4. The monoisotopic (exact) mass is 313 g/mol. The van der Waals surface area contributed by atoms with Crippen molar-refractivity contribution >= 4 is 23.7 Å². The van der Waals surface area contributed by atoms with Gasteiger partial charge < -0.3 is 5.32 Å². The Kier molecular flexibility index (Phi) is 4.39. The largest absolute Gasteiger partial charge is 0.427 e. The molecule has 19 heavy (non-hydrogen) atoms. The molecule has 1 N–H and O–H groups in total. The van der Waals surface area contributed by atoms with E-state index in [-0.39, 0.29) is 12.4 Å². The molecule has 1 aromatic rings. The first-order valence-electron chi connectivity index (χ1n) is 5.97. The number of hydrogen-bond acceptors (Lipinski definition) is 4. The summed E-state index contributed by atoms with van der Waals surface area (Å²) in [6, 6.07) is 0. The third kappa shape index (κ3) is 3.21. The Morgan fingerprint density at radius 1 is 1.32 bits per heavy atom. The molecule has 0 spiro atoms. The summed E-state index contributed by atoms with van der Waals surface area (Å²) in [6.07, 6.45) is -3.32. The summed E-state index contributed by atoms with van der Waals surface area (Å²) in [7, 11) is 0. The van der Waals surface area contributed by atoms with Gasteiger partial charge in [-0.3, -0.25) is 4.90 Å². The van der Waals surface area contributed by atoms with Crippen LogP contribution >= 0.6 is 23.7 Å². The highest BCUT2D eigenvalue weighted by Gasteiger charge is 2.37. The Morgan fingerprint density at radius 2 is 1.95 bits per heavy atom. The van der Waals surface area contributed by atoms with E-state index < -0.39 is 11.1 Å². The number of aromatic nitrogens is 1. The number of thiazole rings is 1. The molecule has 0 aromatic carbocycles. The average molecular weight is 314 g/mol. The highest BCUT2D eigenvalue weighted by atomic mass is 35.5. The molecule has 1 aromatic heterocycles. The Bertz CT molecular complexity index is 425. The maximum absolute atomic E-state index is 12.5. The van der Waals surface area contributed by atoms with Gasteiger partial charge >= 0.3 is 6.18 Å². The lowest BCUT2D eigenvalue weighted by Crippen LogP contribution is -2.25. The van der Waals surface area contributed by atoms with E-state index in [0.29, 0.717) is 23.4 Å². The molecule has 108 valence electrons. The molecule has 0 amide bonds. The zero-order chi connectivity index (χ0) is 12.8. The van der Waals surface area contributed by atoms with E-state index >= 15 is 0 Å². The van der Waals surface area contributed by atoms with Crippen molar-refractivity contribution < 1.29 is 13.2 Å². The SMILES string of the molecule is Cl.FC(F)(F)c1cnc(CN2C[C@H]3CNC[C@H]3C2)s1. The van der Waals surface area contributed by atoms with Crippen molar-refractivity contribution in [1.29, 1.82) is 0 Å². The summed E-state index contributed by atoms with van der Waals surface area (Å²) in [5.41, 5.74) is 0. The van der Waals surface area contributed by atoms with Crippen LogP contribution < -0.4 is 5.32 Å². The van der Waals surface area contributed by atoms with Gasteiger partial charge in [0.25, 0.3) is 0 Å². The van der Waals surface area contributed by atoms with Gasteiger partial charge in [-0.2, -0.15) is 13.2 Å². The Balaban J connectivity index is 0.00000133. The molecular formula is C11H15ClF3N3S. The third-order valence-electron chi connectivity index (χ3n) is 3.66. The maximum Gasteiger partial charge on any atom is 0.427 e. The molecule has 8 heteroatoms. The molecule has 2 fully saturated rings. The second-order valence-corrected chi connectivity index (χ2v) is 6.10. The molecule has 2 aliphatic heterocycles. The molecule has 0 unspecified atom stereocenters. The van der Waals surface area contributed by atoms with E-state index in [4.69, 9.17) is 0 Å². The van der Waals surface area contributed by atoms with Gasteiger partial charge in [0.1, 0.15) is 9.88 Å². The van der Waals surface area contributed by atoms with E-state index in [1.54, 1.807) is 0 Å². The van der Waals surface area contributed by atoms with E-state index in [9.17, 15) is 13.2 Å². The van der Waals surface area contributed by atoms with E-state index in [1.807, 2.05) is 0 Å². The van der Waals surface area contributed by atoms with Gasteiger partial charge in [0.15, 0.2) is 0 Å². The van der Waals surface area contributed by atoms with Gasteiger partial charge in [-0.25, -0.2) is 4.98 Å². The number of nitrogens with one attached hydrogen (secondary N) is 1. The second kappa shape index (κ2) is 5.55. The lowest BCUT2D eigenvalue weighted by atomic mass is 10.0. The number of rotatable bonds is 2. The van der Waals surface area contributed by atoms with Crippen LogP contribution in [0.2, 0.25) is 0 Å². The minimum absolute atomic E-state index is 0. The summed E-state index contributed by atoms with van der Waals surface area (Å²) >= 11 is 0.761. The summed E-state index contributed by atoms with van der Waals surface area (Å²) in [4.78, 5) is 5.50. The second-order valence-electron chi connectivity index (χ2n) is 4.99. The van der Waals surface area contributed by atoms with Gasteiger partial charge in [0.05, 0.1) is 12.7 Å². The first-order chi connectivity index (χ1) is 8.52. The van der Waals surface area contributed by atoms with Crippen molar-refractivity contribution in [3.05, 3.63) is 16.1 Å². The first kappa shape index (κ1) is 15.0. The normalized spacial score (nSPS) is 27.3. The fourth-order valence-corrected chi connectivity index (χ4v) is 3.61. The highest BCUT2D eigenvalue weighted by molar-refractivity contribution is 7.11. The third-order valence-corrected chi connectivity index (χ3v) is 4.68. The number of alkyl halides is 3. The predicted octanol–water partition coefficient (Wildman–Crippen LogP) is 2.23. The van der Waals surface area contributed by atoms with Gasteiger partial charge in [0, 0.05) is 13.1 Å². The van der Waals surface area contributed by atoms with Crippen molar-refractivity contribution in [3.8, 4) is 0 Å². The van der Waals surface area contributed by atoms with Gasteiger partial charge in [-0.05, 0) is 24.9 Å². The van der Waals surface area contributed by atoms with Crippen LogP contribution in [0.25, 0.3) is 0 Å². The molecular weight excluding hydrogens is 299 g/mol. The highest BCUT2D eigenvalue weighted by Crippen LogP contribution is 2.34. The van der Waals surface area contributed by atoms with Crippen LogP contribution in [-0.2, 0) is 12.7 Å². The molecule has 2 atom stereocenters. The molecule has 3 nitrogen and oxygen atoms in total. The van der Waals surface area contributed by atoms with Crippen molar-refractivity contribution in [3.63, 3.8) is 0 Å². The molecule has 2 saturated heterocycles. The number of likely N-dealkylation sites (tertiary alicyclic amines) is 1. The predicted molar refractivity (Wildman–Crippen MR) is 69.5 cm³/mol. The summed E-state index contributed by atoms with van der Waals surface area (Å²) in [5.74, 6) is 1.32. The minimum atomic E-state index is -4.26. The van der Waals surface area contributed by atoms with Crippen LogP contribution in [0, 0.1) is 11.8 Å². The Hall–Kier alpha value is -0.370. The molecule has 3 heterocycles. The van der Waals surface area contributed by atoms with Gasteiger partial charge in [0.2, 0.25) is 0 Å². The zero-order valence-corrected chi connectivity index (χ0v) is 11.7. The van der Waals surface area contributed by atoms with E-state index in [2.05, 4.69) is 15.2 Å². The zero-order valence-electron chi connectivity index (χ0n) is 10.1. The average Bonchev–Trinajstić information content (AvgIpc) is 2.90. The summed E-state index contributed by atoms with van der Waals surface area (Å²) in [6.45, 7) is 4.56. The smallest absolute Gasteiger partial charge is 0.316 e. The van der Waals surface area contributed by atoms with Crippen LogP contribution in [0.15, 0.2) is 6.20 Å². The number of hydrogen-bond donors (Lipinski definition) is 1. The van der Waals surface area contributed by atoms with Crippen LogP contribution in [-0.4, -0.2) is 36.1 Å². The number of halogens is 4. The lowest BCUT2D eigenvalue weighted by molar-refractivity contribution is -0.134. The fraction of sp³-hybridized carbons (Fsp3) is 0.727. The summed E-state index contributed by atoms with van der Waals surface area (Å²) in [5, 5.41) is 3.91. The molecule has 2 aliphatic rings.